The summed E-state index contributed by atoms with van der Waals surface area (Å²) in [6.07, 6.45) is 0.0905. The van der Waals surface area contributed by atoms with E-state index < -0.39 is 11.6 Å². The van der Waals surface area contributed by atoms with Gasteiger partial charge in [0.2, 0.25) is 0 Å². The molecule has 0 bridgehead atoms. The lowest BCUT2D eigenvalue weighted by molar-refractivity contribution is 0.0962. The molecule has 0 aliphatic heterocycles. The molecular formula is C16H11F2NO2. The van der Waals surface area contributed by atoms with Crippen LogP contribution in [0.3, 0.4) is 0 Å². The second kappa shape index (κ2) is 6.62. The molecule has 0 fully saturated rings. The summed E-state index contributed by atoms with van der Waals surface area (Å²) in [5.41, 5.74) is 0.329. The van der Waals surface area contributed by atoms with Gasteiger partial charge in [-0.3, -0.25) is 4.79 Å². The van der Waals surface area contributed by atoms with E-state index in [1.807, 2.05) is 0 Å². The van der Waals surface area contributed by atoms with Crippen LogP contribution in [0.15, 0.2) is 42.5 Å². The number of Topliss-reactive ketones (excluding diaryl/α,β-unsaturated/α-hetero) is 1. The molecular weight excluding hydrogens is 276 g/mol. The molecule has 0 radical (unpaired) electrons. The van der Waals surface area contributed by atoms with Crippen molar-refractivity contribution in [2.45, 2.75) is 6.42 Å². The zero-order chi connectivity index (χ0) is 15.2. The van der Waals surface area contributed by atoms with Crippen molar-refractivity contribution in [3.63, 3.8) is 0 Å². The highest BCUT2D eigenvalue weighted by atomic mass is 19.1. The number of halogens is 2. The van der Waals surface area contributed by atoms with Gasteiger partial charge in [0.1, 0.15) is 23.5 Å². The van der Waals surface area contributed by atoms with Crippen LogP contribution in [0.4, 0.5) is 8.78 Å². The van der Waals surface area contributed by atoms with E-state index in [2.05, 4.69) is 0 Å². The van der Waals surface area contributed by atoms with Crippen LogP contribution >= 0.6 is 0 Å². The van der Waals surface area contributed by atoms with Crippen molar-refractivity contribution in [3.8, 4) is 11.8 Å². The number of carbonyl (C=O) groups is 1. The maximum absolute atomic E-state index is 13.3. The molecule has 0 aromatic heterocycles. The Hall–Kier alpha value is -2.74. The van der Waals surface area contributed by atoms with E-state index in [1.165, 1.54) is 36.4 Å². The van der Waals surface area contributed by atoms with Gasteiger partial charge >= 0.3 is 0 Å². The second-order valence-corrected chi connectivity index (χ2v) is 4.28. The van der Waals surface area contributed by atoms with Gasteiger partial charge in [-0.2, -0.15) is 5.26 Å². The minimum Gasteiger partial charge on any atom is -0.493 e. The van der Waals surface area contributed by atoms with Crippen molar-refractivity contribution in [2.75, 3.05) is 6.61 Å². The van der Waals surface area contributed by atoms with Gasteiger partial charge in [-0.05, 0) is 36.4 Å². The Kier molecular flexibility index (Phi) is 4.62. The summed E-state index contributed by atoms with van der Waals surface area (Å²) in [6.45, 7) is 0.0710. The molecule has 0 heterocycles. The first-order chi connectivity index (χ1) is 10.1. The van der Waals surface area contributed by atoms with Gasteiger partial charge in [-0.25, -0.2) is 8.78 Å². The van der Waals surface area contributed by atoms with Crippen LogP contribution in [0.25, 0.3) is 0 Å². The SMILES string of the molecule is N#Cc1ccc(OCCC(=O)c2ccc(F)cc2)cc1F. The summed E-state index contributed by atoms with van der Waals surface area (Å²) in [4.78, 5) is 11.8. The molecule has 0 amide bonds. The van der Waals surface area contributed by atoms with E-state index in [-0.39, 0.29) is 30.1 Å². The predicted octanol–water partition coefficient (Wildman–Crippen LogP) is 3.49. The number of ketones is 1. The number of carbonyl (C=O) groups excluding carboxylic acids is 1. The fourth-order valence-electron chi connectivity index (χ4n) is 1.72. The van der Waals surface area contributed by atoms with Crippen LogP contribution in [0.5, 0.6) is 5.75 Å². The van der Waals surface area contributed by atoms with E-state index >= 15 is 0 Å². The zero-order valence-corrected chi connectivity index (χ0v) is 11.0. The van der Waals surface area contributed by atoms with E-state index in [4.69, 9.17) is 10.00 Å². The monoisotopic (exact) mass is 287 g/mol. The highest BCUT2D eigenvalue weighted by molar-refractivity contribution is 5.96. The lowest BCUT2D eigenvalue weighted by Crippen LogP contribution is -2.07. The maximum atomic E-state index is 13.3. The lowest BCUT2D eigenvalue weighted by Gasteiger charge is -2.06. The molecule has 2 aromatic carbocycles. The van der Waals surface area contributed by atoms with Crippen molar-refractivity contribution in [3.05, 3.63) is 65.2 Å². The zero-order valence-electron chi connectivity index (χ0n) is 11.0. The highest BCUT2D eigenvalue weighted by Gasteiger charge is 2.07. The topological polar surface area (TPSA) is 50.1 Å². The fourth-order valence-corrected chi connectivity index (χ4v) is 1.72. The number of nitriles is 1. The van der Waals surface area contributed by atoms with E-state index in [0.29, 0.717) is 5.56 Å². The Morgan fingerprint density at radius 2 is 1.86 bits per heavy atom. The standard InChI is InChI=1S/C16H11F2NO2/c17-13-4-1-11(2-5-13)16(20)7-8-21-14-6-3-12(10-19)15(18)9-14/h1-6,9H,7-8H2. The number of benzene rings is 2. The van der Waals surface area contributed by atoms with Crippen LogP contribution < -0.4 is 4.74 Å². The molecule has 21 heavy (non-hydrogen) atoms. The van der Waals surface area contributed by atoms with Gasteiger partial charge in [0.05, 0.1) is 12.2 Å². The summed E-state index contributed by atoms with van der Waals surface area (Å²) < 4.78 is 31.3. The first-order valence-corrected chi connectivity index (χ1v) is 6.21. The Bertz CT molecular complexity index is 690. The van der Waals surface area contributed by atoms with E-state index in [0.717, 1.165) is 6.07 Å². The highest BCUT2D eigenvalue weighted by Crippen LogP contribution is 2.16. The predicted molar refractivity (Wildman–Crippen MR) is 72.0 cm³/mol. The number of nitrogens with zero attached hydrogens (tertiary/aromatic N) is 1. The third-order valence-corrected chi connectivity index (χ3v) is 2.83. The molecule has 3 nitrogen and oxygen atoms in total. The van der Waals surface area contributed by atoms with Crippen LogP contribution in [-0.2, 0) is 0 Å². The minimum atomic E-state index is -0.667. The maximum Gasteiger partial charge on any atom is 0.166 e. The van der Waals surface area contributed by atoms with Gasteiger partial charge in [0, 0.05) is 18.1 Å². The summed E-state index contributed by atoms with van der Waals surface area (Å²) in [6, 6.07) is 10.8. The van der Waals surface area contributed by atoms with Gasteiger partial charge in [0.25, 0.3) is 0 Å². The molecule has 0 aliphatic rings. The molecule has 0 saturated carbocycles. The molecule has 0 N–H and O–H groups in total. The summed E-state index contributed by atoms with van der Waals surface area (Å²) in [5.74, 6) is -1.02. The van der Waals surface area contributed by atoms with Crippen LogP contribution in [0.1, 0.15) is 22.3 Å². The smallest absolute Gasteiger partial charge is 0.166 e. The Morgan fingerprint density at radius 1 is 1.14 bits per heavy atom. The summed E-state index contributed by atoms with van der Waals surface area (Å²) in [7, 11) is 0. The Balaban J connectivity index is 1.89. The van der Waals surface area contributed by atoms with Gasteiger partial charge < -0.3 is 4.74 Å². The molecule has 0 saturated heterocycles. The van der Waals surface area contributed by atoms with Crippen LogP contribution in [0, 0.1) is 23.0 Å². The molecule has 0 atom stereocenters. The fraction of sp³-hybridized carbons (Fsp3) is 0.125. The first-order valence-electron chi connectivity index (χ1n) is 6.21. The molecule has 106 valence electrons. The number of rotatable bonds is 5. The average molecular weight is 287 g/mol. The van der Waals surface area contributed by atoms with Crippen molar-refractivity contribution < 1.29 is 18.3 Å². The van der Waals surface area contributed by atoms with Gasteiger partial charge in [0.15, 0.2) is 5.78 Å². The first kappa shape index (κ1) is 14.7. The largest absolute Gasteiger partial charge is 0.493 e. The number of hydrogen-bond acceptors (Lipinski definition) is 3. The average Bonchev–Trinajstić information content (AvgIpc) is 2.48. The van der Waals surface area contributed by atoms with E-state index in [9.17, 15) is 13.6 Å². The Morgan fingerprint density at radius 3 is 2.48 bits per heavy atom. The molecule has 0 unspecified atom stereocenters. The van der Waals surface area contributed by atoms with Crippen LogP contribution in [0.2, 0.25) is 0 Å². The third kappa shape index (κ3) is 3.86. The van der Waals surface area contributed by atoms with E-state index in [1.54, 1.807) is 6.07 Å². The van der Waals surface area contributed by atoms with Gasteiger partial charge in [-0.15, -0.1) is 0 Å². The van der Waals surface area contributed by atoms with Crippen molar-refractivity contribution >= 4 is 5.78 Å². The minimum absolute atomic E-state index is 0.0651. The summed E-state index contributed by atoms with van der Waals surface area (Å²) >= 11 is 0. The van der Waals surface area contributed by atoms with Crippen molar-refractivity contribution in [2.24, 2.45) is 0 Å². The number of hydrogen-bond donors (Lipinski definition) is 0. The Labute approximate surface area is 120 Å². The van der Waals surface area contributed by atoms with Crippen molar-refractivity contribution in [1.29, 1.82) is 5.26 Å². The quantitative estimate of drug-likeness (QED) is 0.791. The molecule has 2 rings (SSSR count). The molecule has 0 aliphatic carbocycles. The normalized spacial score (nSPS) is 9.95. The van der Waals surface area contributed by atoms with Crippen molar-refractivity contribution in [1.82, 2.24) is 0 Å². The van der Waals surface area contributed by atoms with Crippen LogP contribution in [-0.4, -0.2) is 12.4 Å². The summed E-state index contributed by atoms with van der Waals surface area (Å²) in [5, 5.41) is 8.60. The number of ether oxygens (including phenoxy) is 1. The van der Waals surface area contributed by atoms with Gasteiger partial charge in [-0.1, -0.05) is 0 Å². The third-order valence-electron chi connectivity index (χ3n) is 2.83. The molecule has 0 spiro atoms. The molecule has 5 heteroatoms. The second-order valence-electron chi connectivity index (χ2n) is 4.28. The molecule has 2 aromatic rings. The lowest BCUT2D eigenvalue weighted by atomic mass is 10.1.